The van der Waals surface area contributed by atoms with Crippen molar-refractivity contribution in [2.24, 2.45) is 5.73 Å². The molecule has 0 radical (unpaired) electrons. The van der Waals surface area contributed by atoms with Gasteiger partial charge in [-0.3, -0.25) is 19.7 Å². The molecule has 0 saturated carbocycles. The topological polar surface area (TPSA) is 107 Å². The van der Waals surface area contributed by atoms with Crippen LogP contribution in [-0.2, 0) is 16.1 Å². The van der Waals surface area contributed by atoms with Gasteiger partial charge in [0.2, 0.25) is 11.8 Å². The highest BCUT2D eigenvalue weighted by atomic mass is 32.2. The first-order valence-electron chi connectivity index (χ1n) is 8.39. The van der Waals surface area contributed by atoms with Crippen LogP contribution < -0.4 is 5.73 Å². The van der Waals surface area contributed by atoms with Gasteiger partial charge in [0.15, 0.2) is 0 Å². The maximum atomic E-state index is 12.9. The van der Waals surface area contributed by atoms with Crippen LogP contribution in [0.1, 0.15) is 18.9 Å². The minimum absolute atomic E-state index is 0.00509. The molecule has 0 aromatic heterocycles. The van der Waals surface area contributed by atoms with Gasteiger partial charge in [0, 0.05) is 36.5 Å². The fraction of sp³-hybridized carbons (Fsp3) is 0.263. The summed E-state index contributed by atoms with van der Waals surface area (Å²) in [6, 6.07) is 15.6. The van der Waals surface area contributed by atoms with Crippen molar-refractivity contribution >= 4 is 29.3 Å². The SMILES string of the molecule is CC(Sc1ccc([N+](=O)[O-])cc1)C(=O)N(CCC(N)=O)Cc1ccccc1. The third-order valence-corrected chi connectivity index (χ3v) is 4.96. The van der Waals surface area contributed by atoms with Crippen molar-refractivity contribution in [3.8, 4) is 0 Å². The highest BCUT2D eigenvalue weighted by Crippen LogP contribution is 2.27. The molecular formula is C19H21N3O4S. The standard InChI is InChI=1S/C19H21N3O4S/c1-14(27-17-9-7-16(8-10-17)22(25)26)19(24)21(12-11-18(20)23)13-15-5-3-2-4-6-15/h2-10,14H,11-13H2,1H3,(H2,20,23). The van der Waals surface area contributed by atoms with Crippen LogP contribution in [-0.4, -0.2) is 33.4 Å². The highest BCUT2D eigenvalue weighted by molar-refractivity contribution is 8.00. The fourth-order valence-electron chi connectivity index (χ4n) is 2.47. The quantitative estimate of drug-likeness (QED) is 0.404. The molecule has 0 spiro atoms. The van der Waals surface area contributed by atoms with Crippen LogP contribution in [0.25, 0.3) is 0 Å². The number of primary amides is 1. The van der Waals surface area contributed by atoms with Crippen molar-refractivity contribution in [3.05, 3.63) is 70.3 Å². The second kappa shape index (κ2) is 9.72. The van der Waals surface area contributed by atoms with Crippen LogP contribution >= 0.6 is 11.8 Å². The molecule has 7 nitrogen and oxygen atoms in total. The molecular weight excluding hydrogens is 366 g/mol. The Morgan fingerprint density at radius 2 is 1.78 bits per heavy atom. The average Bonchev–Trinajstić information content (AvgIpc) is 2.65. The number of nitro groups is 1. The molecule has 0 heterocycles. The van der Waals surface area contributed by atoms with Crippen molar-refractivity contribution in [2.45, 2.75) is 30.0 Å². The molecule has 1 atom stereocenters. The predicted octanol–water partition coefficient (Wildman–Crippen LogP) is 2.98. The molecule has 8 heteroatoms. The van der Waals surface area contributed by atoms with E-state index in [0.717, 1.165) is 10.5 Å². The number of carbonyl (C=O) groups is 2. The largest absolute Gasteiger partial charge is 0.370 e. The molecule has 2 N–H and O–H groups in total. The van der Waals surface area contributed by atoms with Gasteiger partial charge in [0.05, 0.1) is 10.2 Å². The zero-order valence-corrected chi connectivity index (χ0v) is 15.7. The Balaban J connectivity index is 2.07. The third kappa shape index (κ3) is 6.41. The summed E-state index contributed by atoms with van der Waals surface area (Å²) in [4.78, 5) is 36.7. The van der Waals surface area contributed by atoms with Crippen molar-refractivity contribution in [1.29, 1.82) is 0 Å². The summed E-state index contributed by atoms with van der Waals surface area (Å²) in [6.07, 6.45) is 0.0908. The number of benzene rings is 2. The number of thioether (sulfide) groups is 1. The molecule has 0 fully saturated rings. The van der Waals surface area contributed by atoms with E-state index >= 15 is 0 Å². The van der Waals surface area contributed by atoms with Crippen molar-refractivity contribution in [3.63, 3.8) is 0 Å². The lowest BCUT2D eigenvalue weighted by molar-refractivity contribution is -0.384. The van der Waals surface area contributed by atoms with E-state index in [4.69, 9.17) is 5.73 Å². The smallest absolute Gasteiger partial charge is 0.269 e. The van der Waals surface area contributed by atoms with Crippen molar-refractivity contribution in [2.75, 3.05) is 6.54 Å². The van der Waals surface area contributed by atoms with Crippen LogP contribution in [0.5, 0.6) is 0 Å². The third-order valence-electron chi connectivity index (χ3n) is 3.86. The van der Waals surface area contributed by atoms with E-state index in [1.165, 1.54) is 23.9 Å². The van der Waals surface area contributed by atoms with Crippen molar-refractivity contribution < 1.29 is 14.5 Å². The fourth-order valence-corrected chi connectivity index (χ4v) is 3.43. The van der Waals surface area contributed by atoms with E-state index in [-0.39, 0.29) is 24.6 Å². The molecule has 1 unspecified atom stereocenters. The molecule has 0 aliphatic heterocycles. The summed E-state index contributed by atoms with van der Waals surface area (Å²) in [5, 5.41) is 10.3. The van der Waals surface area contributed by atoms with Crippen LogP contribution in [0.15, 0.2) is 59.5 Å². The van der Waals surface area contributed by atoms with Gasteiger partial charge in [-0.15, -0.1) is 11.8 Å². The van der Waals surface area contributed by atoms with Crippen LogP contribution in [0.2, 0.25) is 0 Å². The van der Waals surface area contributed by atoms with Crippen LogP contribution in [0, 0.1) is 10.1 Å². The van der Waals surface area contributed by atoms with Gasteiger partial charge in [-0.05, 0) is 24.6 Å². The maximum Gasteiger partial charge on any atom is 0.269 e. The number of hydrogen-bond donors (Lipinski definition) is 1. The van der Waals surface area contributed by atoms with Gasteiger partial charge in [0.25, 0.3) is 5.69 Å². The molecule has 0 aliphatic rings. The van der Waals surface area contributed by atoms with Gasteiger partial charge in [0.1, 0.15) is 0 Å². The molecule has 0 bridgehead atoms. The number of nitrogens with two attached hydrogens (primary N) is 1. The van der Waals surface area contributed by atoms with Crippen LogP contribution in [0.3, 0.4) is 0 Å². The minimum Gasteiger partial charge on any atom is -0.370 e. The Hall–Kier alpha value is -2.87. The number of hydrogen-bond acceptors (Lipinski definition) is 5. The molecule has 0 aliphatic carbocycles. The number of nitrogens with zero attached hydrogens (tertiary/aromatic N) is 2. The summed E-state index contributed by atoms with van der Waals surface area (Å²) >= 11 is 1.32. The predicted molar refractivity (Wildman–Crippen MR) is 104 cm³/mol. The lowest BCUT2D eigenvalue weighted by atomic mass is 10.2. The molecule has 0 saturated heterocycles. The van der Waals surface area contributed by atoms with Crippen LogP contribution in [0.4, 0.5) is 5.69 Å². The Kier molecular flexibility index (Phi) is 7.36. The Morgan fingerprint density at radius 3 is 2.33 bits per heavy atom. The lowest BCUT2D eigenvalue weighted by Gasteiger charge is -2.25. The zero-order chi connectivity index (χ0) is 19.8. The Bertz CT molecular complexity index is 796. The molecule has 27 heavy (non-hydrogen) atoms. The monoisotopic (exact) mass is 387 g/mol. The maximum absolute atomic E-state index is 12.9. The Labute approximate surface area is 161 Å². The van der Waals surface area contributed by atoms with E-state index in [2.05, 4.69) is 0 Å². The number of carbonyl (C=O) groups excluding carboxylic acids is 2. The van der Waals surface area contributed by atoms with E-state index in [1.54, 1.807) is 24.0 Å². The second-order valence-electron chi connectivity index (χ2n) is 5.97. The number of amides is 2. The number of non-ortho nitro benzene ring substituents is 1. The molecule has 142 valence electrons. The van der Waals surface area contributed by atoms with Gasteiger partial charge >= 0.3 is 0 Å². The normalized spacial score (nSPS) is 11.6. The summed E-state index contributed by atoms with van der Waals surface area (Å²) < 4.78 is 0. The zero-order valence-electron chi connectivity index (χ0n) is 14.9. The van der Waals surface area contributed by atoms with Gasteiger partial charge in [-0.25, -0.2) is 0 Å². The molecule has 2 amide bonds. The molecule has 2 aromatic carbocycles. The first-order chi connectivity index (χ1) is 12.9. The van der Waals surface area contributed by atoms with Crippen molar-refractivity contribution in [1.82, 2.24) is 4.90 Å². The van der Waals surface area contributed by atoms with E-state index in [0.29, 0.717) is 6.54 Å². The summed E-state index contributed by atoms with van der Waals surface area (Å²) in [5.41, 5.74) is 6.20. The number of nitro benzene ring substituents is 1. The summed E-state index contributed by atoms with van der Waals surface area (Å²) in [7, 11) is 0. The molecule has 2 aromatic rings. The summed E-state index contributed by atoms with van der Waals surface area (Å²) in [5.74, 6) is -0.583. The first-order valence-corrected chi connectivity index (χ1v) is 9.27. The second-order valence-corrected chi connectivity index (χ2v) is 7.39. The molecule has 2 rings (SSSR count). The average molecular weight is 387 g/mol. The number of rotatable bonds is 9. The Morgan fingerprint density at radius 1 is 1.15 bits per heavy atom. The van der Waals surface area contributed by atoms with E-state index in [9.17, 15) is 19.7 Å². The minimum atomic E-state index is -0.464. The van der Waals surface area contributed by atoms with E-state index in [1.807, 2.05) is 30.3 Å². The van der Waals surface area contributed by atoms with Gasteiger partial charge in [-0.2, -0.15) is 0 Å². The van der Waals surface area contributed by atoms with Gasteiger partial charge in [-0.1, -0.05) is 30.3 Å². The lowest BCUT2D eigenvalue weighted by Crippen LogP contribution is -2.38. The van der Waals surface area contributed by atoms with Gasteiger partial charge < -0.3 is 10.6 Å². The summed E-state index contributed by atoms with van der Waals surface area (Å²) in [6.45, 7) is 2.41. The first kappa shape index (κ1) is 20.4. The van der Waals surface area contributed by atoms with E-state index < -0.39 is 16.1 Å². The highest BCUT2D eigenvalue weighted by Gasteiger charge is 2.22.